The van der Waals surface area contributed by atoms with E-state index in [0.717, 1.165) is 0 Å². The quantitative estimate of drug-likeness (QED) is 0.348. The minimum absolute atomic E-state index is 0.163. The molecule has 0 saturated heterocycles. The van der Waals surface area contributed by atoms with Crippen molar-refractivity contribution in [2.75, 3.05) is 18.6 Å². The summed E-state index contributed by atoms with van der Waals surface area (Å²) in [6, 6.07) is 6.38. The van der Waals surface area contributed by atoms with Gasteiger partial charge in [-0.25, -0.2) is 9.59 Å². The van der Waals surface area contributed by atoms with Crippen LogP contribution in [-0.2, 0) is 29.8 Å². The van der Waals surface area contributed by atoms with Crippen molar-refractivity contribution in [2.45, 2.75) is 28.2 Å². The third-order valence-corrected chi connectivity index (χ3v) is 7.61. The second-order valence-corrected chi connectivity index (χ2v) is 11.2. The molecule has 1 aliphatic rings. The molecule has 0 radical (unpaired) electrons. The average molecular weight is 532 g/mol. The highest BCUT2D eigenvalue weighted by molar-refractivity contribution is 7.98. The molecule has 0 aliphatic heterocycles. The van der Waals surface area contributed by atoms with Gasteiger partial charge in [-0.2, -0.15) is 28.6 Å². The first kappa shape index (κ1) is 26.0. The fourth-order valence-corrected chi connectivity index (χ4v) is 5.16. The van der Waals surface area contributed by atoms with Crippen molar-refractivity contribution in [2.24, 2.45) is 0 Å². The number of carbonyl (C=O) groups is 2. The molecule has 1 atom stereocenters. The normalized spacial score (nSPS) is 14.2. The van der Waals surface area contributed by atoms with E-state index >= 15 is 0 Å². The van der Waals surface area contributed by atoms with E-state index in [9.17, 15) is 40.6 Å². The van der Waals surface area contributed by atoms with Crippen LogP contribution in [0, 0.1) is 0 Å². The van der Waals surface area contributed by atoms with Crippen LogP contribution in [0.3, 0.4) is 0 Å². The molecule has 1 aliphatic carbocycles. The van der Waals surface area contributed by atoms with E-state index in [1.54, 1.807) is 6.26 Å². The Hall–Kier alpha value is -2.65. The molecule has 1 amide bonds. The van der Waals surface area contributed by atoms with Crippen LogP contribution in [0.5, 0.6) is 0 Å². The predicted molar refractivity (Wildman–Crippen MR) is 122 cm³/mol. The van der Waals surface area contributed by atoms with Gasteiger partial charge in [-0.1, -0.05) is 12.1 Å². The number of aliphatic carboxylic acids is 1. The first-order valence-corrected chi connectivity index (χ1v) is 14.0. The Bertz CT molecular complexity index is 1260. The number of hydrogen-bond acceptors (Lipinski definition) is 8. The van der Waals surface area contributed by atoms with Crippen LogP contribution in [0.4, 0.5) is 4.79 Å². The number of carboxylic acids is 1. The Kier molecular flexibility index (Phi) is 7.57. The van der Waals surface area contributed by atoms with Crippen molar-refractivity contribution in [3.05, 3.63) is 47.5 Å². The highest BCUT2D eigenvalue weighted by atomic mass is 32.2. The van der Waals surface area contributed by atoms with Crippen LogP contribution < -0.4 is 5.32 Å². The Morgan fingerprint density at radius 1 is 1.00 bits per heavy atom. The maximum atomic E-state index is 12.3. The summed E-state index contributed by atoms with van der Waals surface area (Å²) >= 11 is 1.40. The molecule has 0 saturated carbocycles. The van der Waals surface area contributed by atoms with Crippen molar-refractivity contribution in [1.29, 1.82) is 0 Å². The molecule has 0 bridgehead atoms. The number of thioether (sulfide) groups is 1. The molecule has 4 N–H and O–H groups in total. The number of ether oxygens (including phenoxy) is 1. The van der Waals surface area contributed by atoms with Crippen LogP contribution >= 0.6 is 11.8 Å². The minimum Gasteiger partial charge on any atom is -0.480 e. The zero-order valence-corrected chi connectivity index (χ0v) is 20.1. The number of hydrogen-bond donors (Lipinski definition) is 4. The number of amides is 1. The van der Waals surface area contributed by atoms with Crippen LogP contribution in [0.15, 0.2) is 46.2 Å². The van der Waals surface area contributed by atoms with Crippen LogP contribution in [-0.4, -0.2) is 67.8 Å². The summed E-state index contributed by atoms with van der Waals surface area (Å²) in [5, 5.41) is 11.5. The fraction of sp³-hybridized carbons (Fsp3) is 0.300. The van der Waals surface area contributed by atoms with Crippen molar-refractivity contribution in [3.63, 3.8) is 0 Å². The van der Waals surface area contributed by atoms with E-state index in [1.165, 1.54) is 48.2 Å². The van der Waals surface area contributed by atoms with Crippen molar-refractivity contribution < 1.29 is 45.4 Å². The SMILES string of the molecule is CSCC[C@H](NC(=O)OCC1c2cc(S(=O)(=O)O)ccc2-c2ccc(S(=O)(=O)O)cc21)C(=O)O. The Balaban J connectivity index is 1.94. The molecule has 2 aromatic carbocycles. The molecule has 0 fully saturated rings. The first-order valence-electron chi connectivity index (χ1n) is 9.71. The molecule has 184 valence electrons. The van der Waals surface area contributed by atoms with Gasteiger partial charge < -0.3 is 15.2 Å². The summed E-state index contributed by atoms with van der Waals surface area (Å²) in [5.74, 6) is -1.61. The largest absolute Gasteiger partial charge is 0.480 e. The molecule has 34 heavy (non-hydrogen) atoms. The number of rotatable bonds is 9. The molecule has 0 heterocycles. The Labute approximate surface area is 200 Å². The van der Waals surface area contributed by atoms with Crippen molar-refractivity contribution in [3.8, 4) is 11.1 Å². The number of benzene rings is 2. The van der Waals surface area contributed by atoms with Crippen LogP contribution in [0.2, 0.25) is 0 Å². The maximum Gasteiger partial charge on any atom is 0.407 e. The average Bonchev–Trinajstić information content (AvgIpc) is 3.06. The summed E-state index contributed by atoms with van der Waals surface area (Å²) in [6.45, 7) is -0.398. The summed E-state index contributed by atoms with van der Waals surface area (Å²) in [4.78, 5) is 22.8. The lowest BCUT2D eigenvalue weighted by atomic mass is 9.98. The number of alkyl carbamates (subject to hydrolysis) is 1. The molecule has 2 aromatic rings. The van der Waals surface area contributed by atoms with Gasteiger partial charge in [0.1, 0.15) is 12.6 Å². The molecule has 3 rings (SSSR count). The molecule has 0 aromatic heterocycles. The number of nitrogens with one attached hydrogen (secondary N) is 1. The number of fused-ring (bicyclic) bond motifs is 3. The smallest absolute Gasteiger partial charge is 0.407 e. The standard InChI is InChI=1S/C20H21NO10S3/c1-32-7-6-18(19(22)23)21-20(24)31-10-17-15-8-11(33(25,26)27)2-4-13(15)14-5-3-12(9-16(14)17)34(28,29)30/h2-5,8-9,17-18H,6-7,10H2,1H3,(H,21,24)(H,22,23)(H,25,26,27)(H,28,29,30)/t18-/m0/s1. The summed E-state index contributed by atoms with van der Waals surface area (Å²) in [5.41, 5.74) is 1.70. The zero-order chi connectivity index (χ0) is 25.3. The molecule has 11 nitrogen and oxygen atoms in total. The molecular formula is C20H21NO10S3. The van der Waals surface area contributed by atoms with E-state index in [4.69, 9.17) is 4.74 Å². The van der Waals surface area contributed by atoms with Gasteiger partial charge in [-0.3, -0.25) is 9.11 Å². The summed E-state index contributed by atoms with van der Waals surface area (Å²) in [6.07, 6.45) is 0.921. The van der Waals surface area contributed by atoms with Gasteiger partial charge in [0.05, 0.1) is 9.79 Å². The topological polar surface area (TPSA) is 184 Å². The highest BCUT2D eigenvalue weighted by Crippen LogP contribution is 2.46. The van der Waals surface area contributed by atoms with Crippen LogP contribution in [0.25, 0.3) is 11.1 Å². The first-order chi connectivity index (χ1) is 15.8. The Morgan fingerprint density at radius 2 is 1.50 bits per heavy atom. The predicted octanol–water partition coefficient (Wildman–Crippen LogP) is 2.22. The van der Waals surface area contributed by atoms with Crippen LogP contribution in [0.1, 0.15) is 23.5 Å². The maximum absolute atomic E-state index is 12.3. The molecule has 14 heteroatoms. The van der Waals surface area contributed by atoms with Gasteiger partial charge in [-0.05, 0) is 64.9 Å². The van der Waals surface area contributed by atoms with Crippen molar-refractivity contribution in [1.82, 2.24) is 5.32 Å². The zero-order valence-electron chi connectivity index (χ0n) is 17.7. The number of carbonyl (C=O) groups excluding carboxylic acids is 1. The monoisotopic (exact) mass is 531 g/mol. The lowest BCUT2D eigenvalue weighted by molar-refractivity contribution is -0.139. The van der Waals surface area contributed by atoms with E-state index in [2.05, 4.69) is 5.32 Å². The second kappa shape index (κ2) is 9.92. The van der Waals surface area contributed by atoms with E-state index in [-0.39, 0.29) is 6.42 Å². The van der Waals surface area contributed by atoms with E-state index in [1.807, 2.05) is 0 Å². The number of carboxylic acid groups (broad SMARTS) is 1. The third-order valence-electron chi connectivity index (χ3n) is 5.26. The van der Waals surface area contributed by atoms with Crippen molar-refractivity contribution >= 4 is 44.1 Å². The van der Waals surface area contributed by atoms with Gasteiger partial charge in [-0.15, -0.1) is 0 Å². The molecular weight excluding hydrogens is 510 g/mol. The molecule has 0 spiro atoms. The highest BCUT2D eigenvalue weighted by Gasteiger charge is 2.33. The van der Waals surface area contributed by atoms with Gasteiger partial charge >= 0.3 is 12.1 Å². The van der Waals surface area contributed by atoms with Gasteiger partial charge in [0.25, 0.3) is 20.2 Å². The summed E-state index contributed by atoms with van der Waals surface area (Å²) in [7, 11) is -9.11. The lowest BCUT2D eigenvalue weighted by Crippen LogP contribution is -2.41. The minimum atomic E-state index is -4.56. The fourth-order valence-electron chi connectivity index (χ4n) is 3.65. The third kappa shape index (κ3) is 5.70. The van der Waals surface area contributed by atoms with E-state index in [0.29, 0.717) is 28.0 Å². The lowest BCUT2D eigenvalue weighted by Gasteiger charge is -2.17. The van der Waals surface area contributed by atoms with Gasteiger partial charge in [0, 0.05) is 5.92 Å². The summed E-state index contributed by atoms with van der Waals surface area (Å²) < 4.78 is 70.6. The molecule has 0 unspecified atom stereocenters. The van der Waals surface area contributed by atoms with Gasteiger partial charge in [0.15, 0.2) is 0 Å². The second-order valence-electron chi connectivity index (χ2n) is 7.42. The Morgan fingerprint density at radius 3 is 1.91 bits per heavy atom. The van der Waals surface area contributed by atoms with Gasteiger partial charge in [0.2, 0.25) is 0 Å². The van der Waals surface area contributed by atoms with E-state index < -0.39 is 60.7 Å².